The average molecular weight is 365 g/mol. The van der Waals surface area contributed by atoms with Crippen LogP contribution >= 0.6 is 27.5 Å². The Hall–Kier alpha value is -1.92. The van der Waals surface area contributed by atoms with E-state index in [2.05, 4.69) is 31.5 Å². The van der Waals surface area contributed by atoms with Gasteiger partial charge in [0.15, 0.2) is 5.82 Å². The second-order valence-electron chi connectivity index (χ2n) is 4.49. The van der Waals surface area contributed by atoms with Crippen LogP contribution < -0.4 is 5.73 Å². The van der Waals surface area contributed by atoms with Crippen LogP contribution in [-0.2, 0) is 6.54 Å². The number of tetrazole rings is 1. The fourth-order valence-electron chi connectivity index (χ4n) is 2.00. The number of nitrogen functional groups attached to an aromatic ring is 1. The van der Waals surface area contributed by atoms with E-state index in [4.69, 9.17) is 17.3 Å². The lowest BCUT2D eigenvalue weighted by molar-refractivity contribution is 0.652. The number of nitrogens with two attached hydrogens (primary N) is 1. The summed E-state index contributed by atoms with van der Waals surface area (Å²) in [5.41, 5.74) is 8.15. The van der Waals surface area contributed by atoms with E-state index < -0.39 is 0 Å². The number of hydrogen-bond donors (Lipinski definition) is 1. The summed E-state index contributed by atoms with van der Waals surface area (Å²) in [5, 5.41) is 12.4. The standard InChI is InChI=1S/C14H11BrClN5/c15-12-4-2-1-3-9(12)8-21-14(18-19-20-21)11-6-5-10(17)7-13(11)16/h1-7H,8,17H2. The Morgan fingerprint density at radius 2 is 2.00 bits per heavy atom. The fourth-order valence-corrected chi connectivity index (χ4v) is 2.69. The summed E-state index contributed by atoms with van der Waals surface area (Å²) in [4.78, 5) is 0. The van der Waals surface area contributed by atoms with Crippen molar-refractivity contribution < 1.29 is 0 Å². The quantitative estimate of drug-likeness (QED) is 0.723. The summed E-state index contributed by atoms with van der Waals surface area (Å²) >= 11 is 9.75. The minimum Gasteiger partial charge on any atom is -0.399 e. The molecule has 0 radical (unpaired) electrons. The molecule has 0 bridgehead atoms. The summed E-state index contributed by atoms with van der Waals surface area (Å²) in [6.45, 7) is 0.546. The van der Waals surface area contributed by atoms with Gasteiger partial charge in [-0.15, -0.1) is 5.10 Å². The third kappa shape index (κ3) is 2.91. The fraction of sp³-hybridized carbons (Fsp3) is 0.0714. The maximum Gasteiger partial charge on any atom is 0.183 e. The summed E-state index contributed by atoms with van der Waals surface area (Å²) in [6, 6.07) is 13.2. The minimum absolute atomic E-state index is 0.526. The Morgan fingerprint density at radius 1 is 1.19 bits per heavy atom. The predicted molar refractivity (Wildman–Crippen MR) is 85.9 cm³/mol. The average Bonchev–Trinajstić information content (AvgIpc) is 2.89. The second-order valence-corrected chi connectivity index (χ2v) is 5.75. The Labute approximate surface area is 134 Å². The molecule has 0 aliphatic rings. The van der Waals surface area contributed by atoms with E-state index in [1.807, 2.05) is 30.3 Å². The van der Waals surface area contributed by atoms with Crippen LogP contribution in [0, 0.1) is 0 Å². The van der Waals surface area contributed by atoms with Crippen molar-refractivity contribution in [3.8, 4) is 11.4 Å². The number of rotatable bonds is 3. The molecule has 1 aromatic heterocycles. The van der Waals surface area contributed by atoms with Gasteiger partial charge in [-0.3, -0.25) is 0 Å². The van der Waals surface area contributed by atoms with Crippen molar-refractivity contribution in [1.29, 1.82) is 0 Å². The van der Waals surface area contributed by atoms with Crippen LogP contribution in [0.25, 0.3) is 11.4 Å². The molecular formula is C14H11BrClN5. The van der Waals surface area contributed by atoms with Gasteiger partial charge in [0.2, 0.25) is 0 Å². The highest BCUT2D eigenvalue weighted by Gasteiger charge is 2.13. The SMILES string of the molecule is Nc1ccc(-c2nnnn2Cc2ccccc2Br)c(Cl)c1. The number of hydrogen-bond acceptors (Lipinski definition) is 4. The number of aromatic nitrogens is 4. The molecule has 5 nitrogen and oxygen atoms in total. The van der Waals surface area contributed by atoms with Crippen LogP contribution in [-0.4, -0.2) is 20.2 Å². The first-order valence-corrected chi connectivity index (χ1v) is 7.37. The van der Waals surface area contributed by atoms with E-state index >= 15 is 0 Å². The zero-order valence-electron chi connectivity index (χ0n) is 10.9. The summed E-state index contributed by atoms with van der Waals surface area (Å²) in [7, 11) is 0. The monoisotopic (exact) mass is 363 g/mol. The number of anilines is 1. The van der Waals surface area contributed by atoms with E-state index in [9.17, 15) is 0 Å². The highest BCUT2D eigenvalue weighted by molar-refractivity contribution is 9.10. The molecule has 2 N–H and O–H groups in total. The van der Waals surface area contributed by atoms with Gasteiger partial charge in [0.05, 0.1) is 11.6 Å². The zero-order chi connectivity index (χ0) is 14.8. The molecule has 21 heavy (non-hydrogen) atoms. The lowest BCUT2D eigenvalue weighted by atomic mass is 10.2. The molecule has 106 valence electrons. The molecule has 0 aliphatic heterocycles. The van der Waals surface area contributed by atoms with Crippen LogP contribution in [0.5, 0.6) is 0 Å². The molecule has 1 heterocycles. The molecule has 7 heteroatoms. The second kappa shape index (κ2) is 5.83. The summed E-state index contributed by atoms with van der Waals surface area (Å²) in [6.07, 6.45) is 0. The van der Waals surface area contributed by atoms with Crippen molar-refractivity contribution in [2.45, 2.75) is 6.54 Å². The topological polar surface area (TPSA) is 69.6 Å². The Morgan fingerprint density at radius 3 is 2.76 bits per heavy atom. The van der Waals surface area contributed by atoms with E-state index in [0.29, 0.717) is 23.1 Å². The molecule has 0 unspecified atom stereocenters. The Kier molecular flexibility index (Phi) is 3.90. The molecule has 0 saturated carbocycles. The molecule has 3 rings (SSSR count). The van der Waals surface area contributed by atoms with Crippen LogP contribution in [0.1, 0.15) is 5.56 Å². The van der Waals surface area contributed by atoms with Crippen molar-refractivity contribution >= 4 is 33.2 Å². The third-order valence-electron chi connectivity index (χ3n) is 3.04. The number of halogens is 2. The van der Waals surface area contributed by atoms with Crippen LogP contribution in [0.4, 0.5) is 5.69 Å². The van der Waals surface area contributed by atoms with Crippen LogP contribution in [0.3, 0.4) is 0 Å². The maximum absolute atomic E-state index is 6.23. The first-order chi connectivity index (χ1) is 10.1. The van der Waals surface area contributed by atoms with Gasteiger partial charge >= 0.3 is 0 Å². The van der Waals surface area contributed by atoms with Gasteiger partial charge in [-0.25, -0.2) is 4.68 Å². The zero-order valence-corrected chi connectivity index (χ0v) is 13.2. The van der Waals surface area contributed by atoms with Gasteiger partial charge in [-0.1, -0.05) is 45.7 Å². The van der Waals surface area contributed by atoms with Gasteiger partial charge in [-0.05, 0) is 40.3 Å². The van der Waals surface area contributed by atoms with Crippen LogP contribution in [0.15, 0.2) is 46.9 Å². The molecule has 0 amide bonds. The van der Waals surface area contributed by atoms with E-state index in [1.165, 1.54) is 0 Å². The van der Waals surface area contributed by atoms with Crippen molar-refractivity contribution in [2.75, 3.05) is 5.73 Å². The van der Waals surface area contributed by atoms with Crippen molar-refractivity contribution in [3.63, 3.8) is 0 Å². The first kappa shape index (κ1) is 14.0. The number of nitrogens with zero attached hydrogens (tertiary/aromatic N) is 4. The van der Waals surface area contributed by atoms with Gasteiger partial charge in [0, 0.05) is 15.7 Å². The van der Waals surface area contributed by atoms with E-state index in [-0.39, 0.29) is 0 Å². The van der Waals surface area contributed by atoms with E-state index in [0.717, 1.165) is 15.6 Å². The van der Waals surface area contributed by atoms with Crippen molar-refractivity contribution in [2.24, 2.45) is 0 Å². The lowest BCUT2D eigenvalue weighted by Gasteiger charge is -2.08. The molecule has 3 aromatic rings. The highest BCUT2D eigenvalue weighted by atomic mass is 79.9. The van der Waals surface area contributed by atoms with Gasteiger partial charge in [0.1, 0.15) is 0 Å². The number of benzene rings is 2. The molecule has 0 fully saturated rings. The normalized spacial score (nSPS) is 10.8. The minimum atomic E-state index is 0.526. The first-order valence-electron chi connectivity index (χ1n) is 6.20. The predicted octanol–water partition coefficient (Wildman–Crippen LogP) is 3.39. The Balaban J connectivity index is 2.00. The molecule has 0 saturated heterocycles. The van der Waals surface area contributed by atoms with E-state index in [1.54, 1.807) is 16.8 Å². The summed E-state index contributed by atoms with van der Waals surface area (Å²) < 4.78 is 2.71. The van der Waals surface area contributed by atoms with Crippen molar-refractivity contribution in [3.05, 3.63) is 57.5 Å². The van der Waals surface area contributed by atoms with Crippen molar-refractivity contribution in [1.82, 2.24) is 20.2 Å². The molecular weight excluding hydrogens is 354 g/mol. The smallest absolute Gasteiger partial charge is 0.183 e. The third-order valence-corrected chi connectivity index (χ3v) is 4.13. The molecule has 0 atom stereocenters. The van der Waals surface area contributed by atoms with Crippen LogP contribution in [0.2, 0.25) is 5.02 Å². The lowest BCUT2D eigenvalue weighted by Crippen LogP contribution is -2.05. The molecule has 2 aromatic carbocycles. The van der Waals surface area contributed by atoms with Gasteiger partial charge in [0.25, 0.3) is 0 Å². The van der Waals surface area contributed by atoms with Gasteiger partial charge < -0.3 is 5.73 Å². The van der Waals surface area contributed by atoms with Gasteiger partial charge in [-0.2, -0.15) is 0 Å². The molecule has 0 aliphatic carbocycles. The largest absolute Gasteiger partial charge is 0.399 e. The Bertz CT molecular complexity index is 787. The molecule has 0 spiro atoms. The highest BCUT2D eigenvalue weighted by Crippen LogP contribution is 2.28. The maximum atomic E-state index is 6.23. The summed E-state index contributed by atoms with van der Waals surface area (Å²) in [5.74, 6) is 0.607.